The number of ether oxygens (including phenoxy) is 1. The van der Waals surface area contributed by atoms with Gasteiger partial charge in [-0.05, 0) is 48.2 Å². The zero-order chi connectivity index (χ0) is 23.4. The van der Waals surface area contributed by atoms with Crippen LogP contribution in [0, 0.1) is 12.7 Å². The van der Waals surface area contributed by atoms with E-state index < -0.39 is 21.9 Å². The van der Waals surface area contributed by atoms with Crippen molar-refractivity contribution in [2.45, 2.75) is 17.9 Å². The molecular formula is C22H23FN4O4S2. The number of benzene rings is 2. The lowest BCUT2D eigenvalue weighted by molar-refractivity contribution is 0.172. The van der Waals surface area contributed by atoms with Crippen LogP contribution in [0.3, 0.4) is 0 Å². The monoisotopic (exact) mass is 490 g/mol. The van der Waals surface area contributed by atoms with Crippen molar-refractivity contribution in [2.24, 2.45) is 0 Å². The van der Waals surface area contributed by atoms with E-state index in [1.54, 1.807) is 5.38 Å². The fourth-order valence-electron chi connectivity index (χ4n) is 3.26. The van der Waals surface area contributed by atoms with Gasteiger partial charge in [-0.3, -0.25) is 9.82 Å². The van der Waals surface area contributed by atoms with Crippen LogP contribution < -0.4 is 14.8 Å². The molecule has 2 aromatic carbocycles. The van der Waals surface area contributed by atoms with Crippen LogP contribution in [0.25, 0.3) is 10.9 Å². The van der Waals surface area contributed by atoms with Crippen LogP contribution in [0.15, 0.2) is 58.1 Å². The third-order valence-corrected chi connectivity index (χ3v) is 7.23. The maximum Gasteiger partial charge on any atom is 0.262 e. The van der Waals surface area contributed by atoms with Crippen molar-refractivity contribution in [1.82, 2.24) is 15.5 Å². The van der Waals surface area contributed by atoms with E-state index in [0.29, 0.717) is 24.5 Å². The summed E-state index contributed by atoms with van der Waals surface area (Å²) in [6.45, 7) is 2.96. The largest absolute Gasteiger partial charge is 0.492 e. The van der Waals surface area contributed by atoms with Gasteiger partial charge in [0.2, 0.25) is 0 Å². The Balaban J connectivity index is 1.29. The smallest absolute Gasteiger partial charge is 0.262 e. The Hall–Kier alpha value is -2.99. The molecule has 0 aliphatic carbocycles. The van der Waals surface area contributed by atoms with Crippen molar-refractivity contribution in [3.63, 3.8) is 0 Å². The number of nitrogens with zero attached hydrogens (tertiary/aromatic N) is 1. The minimum atomic E-state index is -3.90. The number of hydrogen-bond acceptors (Lipinski definition) is 7. The molecule has 0 amide bonds. The molecule has 0 fully saturated rings. The summed E-state index contributed by atoms with van der Waals surface area (Å²) >= 11 is 1.23. The van der Waals surface area contributed by atoms with Crippen LogP contribution in [-0.2, 0) is 10.0 Å². The van der Waals surface area contributed by atoms with Gasteiger partial charge in [-0.25, -0.2) is 12.8 Å². The predicted octanol–water partition coefficient (Wildman–Crippen LogP) is 3.57. The summed E-state index contributed by atoms with van der Waals surface area (Å²) in [6.07, 6.45) is -0.959. The number of thiophene rings is 1. The number of nitrogens with one attached hydrogen (secondary N) is 3. The van der Waals surface area contributed by atoms with Crippen LogP contribution >= 0.6 is 11.3 Å². The second-order valence-electron chi connectivity index (χ2n) is 7.39. The second-order valence-corrected chi connectivity index (χ2v) is 9.85. The van der Waals surface area contributed by atoms with E-state index in [0.717, 1.165) is 22.7 Å². The van der Waals surface area contributed by atoms with E-state index >= 15 is 0 Å². The second kappa shape index (κ2) is 9.87. The van der Waals surface area contributed by atoms with Crippen molar-refractivity contribution < 1.29 is 22.7 Å². The van der Waals surface area contributed by atoms with Gasteiger partial charge in [0.15, 0.2) is 0 Å². The number of H-pyrrole nitrogens is 1. The summed E-state index contributed by atoms with van der Waals surface area (Å²) in [4.78, 5) is 0.0568. The molecule has 0 spiro atoms. The Morgan fingerprint density at radius 1 is 1.24 bits per heavy atom. The van der Waals surface area contributed by atoms with Crippen LogP contribution in [0.2, 0.25) is 0 Å². The molecule has 174 valence electrons. The molecule has 2 aromatic heterocycles. The zero-order valence-electron chi connectivity index (χ0n) is 17.7. The number of rotatable bonds is 10. The SMILES string of the molecule is Cc1n[nH]c2cc(OCCNC[C@H](O)c3ccc(F)c(NS(=O)(=O)c4ccsc4)c3)ccc12. The highest BCUT2D eigenvalue weighted by Gasteiger charge is 2.18. The van der Waals surface area contributed by atoms with E-state index in [9.17, 15) is 17.9 Å². The molecule has 2 heterocycles. The fourth-order valence-corrected chi connectivity index (χ4v) is 5.35. The van der Waals surface area contributed by atoms with Crippen molar-refractivity contribution in [3.05, 3.63) is 70.3 Å². The van der Waals surface area contributed by atoms with Gasteiger partial charge in [0, 0.05) is 29.9 Å². The predicted molar refractivity (Wildman–Crippen MR) is 126 cm³/mol. The molecule has 8 nitrogen and oxygen atoms in total. The molecule has 0 aliphatic heterocycles. The van der Waals surface area contributed by atoms with Gasteiger partial charge in [0.05, 0.1) is 27.9 Å². The first-order valence-electron chi connectivity index (χ1n) is 10.1. The van der Waals surface area contributed by atoms with E-state index in [-0.39, 0.29) is 17.1 Å². The summed E-state index contributed by atoms with van der Waals surface area (Å²) in [6, 6.07) is 11.0. The van der Waals surface area contributed by atoms with Gasteiger partial charge < -0.3 is 15.2 Å². The first kappa shape index (κ1) is 23.2. The summed E-state index contributed by atoms with van der Waals surface area (Å²) in [5.74, 6) is -0.0230. The molecule has 11 heteroatoms. The van der Waals surface area contributed by atoms with E-state index in [1.165, 1.54) is 34.9 Å². The molecule has 0 aliphatic rings. The van der Waals surface area contributed by atoms with Crippen molar-refractivity contribution in [2.75, 3.05) is 24.4 Å². The molecule has 33 heavy (non-hydrogen) atoms. The van der Waals surface area contributed by atoms with Crippen molar-refractivity contribution >= 4 is 38.0 Å². The number of aryl methyl sites for hydroxylation is 1. The molecule has 0 unspecified atom stereocenters. The van der Waals surface area contributed by atoms with Gasteiger partial charge in [-0.1, -0.05) is 6.07 Å². The number of aliphatic hydroxyl groups is 1. The number of aromatic amines is 1. The number of aromatic nitrogens is 2. The Labute approximate surface area is 194 Å². The number of aliphatic hydroxyl groups excluding tert-OH is 1. The summed E-state index contributed by atoms with van der Waals surface area (Å²) in [7, 11) is -3.90. The normalized spacial score (nSPS) is 12.7. The molecule has 0 saturated heterocycles. The number of hydrogen-bond donors (Lipinski definition) is 4. The van der Waals surface area contributed by atoms with Gasteiger partial charge in [0.25, 0.3) is 10.0 Å². The third-order valence-electron chi connectivity index (χ3n) is 5.04. The standard InChI is InChI=1S/C22H23FN4O4S2/c1-14-18-4-3-16(11-20(18)26-25-14)31-8-7-24-12-22(28)15-2-5-19(23)21(10-15)27-33(29,30)17-6-9-32-13-17/h2-6,9-11,13,22,24,27-28H,7-8,12H2,1H3,(H,25,26)/t22-/m0/s1. The minimum Gasteiger partial charge on any atom is -0.492 e. The average molecular weight is 491 g/mol. The molecular weight excluding hydrogens is 467 g/mol. The summed E-state index contributed by atoms with van der Waals surface area (Å²) in [5.41, 5.74) is 1.99. The number of halogens is 1. The van der Waals surface area contributed by atoms with Crippen LogP contribution in [-0.4, -0.2) is 43.4 Å². The average Bonchev–Trinajstić information content (AvgIpc) is 3.46. The Morgan fingerprint density at radius 2 is 2.09 bits per heavy atom. The molecule has 4 aromatic rings. The maximum atomic E-state index is 14.2. The van der Waals surface area contributed by atoms with Gasteiger partial charge in [0.1, 0.15) is 18.2 Å². The van der Waals surface area contributed by atoms with Crippen molar-refractivity contribution in [1.29, 1.82) is 0 Å². The Bertz CT molecular complexity index is 1340. The lowest BCUT2D eigenvalue weighted by atomic mass is 10.1. The lowest BCUT2D eigenvalue weighted by Crippen LogP contribution is -2.26. The molecule has 4 N–H and O–H groups in total. The number of sulfonamides is 1. The Morgan fingerprint density at radius 3 is 2.88 bits per heavy atom. The topological polar surface area (TPSA) is 116 Å². The van der Waals surface area contributed by atoms with Gasteiger partial charge >= 0.3 is 0 Å². The summed E-state index contributed by atoms with van der Waals surface area (Å²) in [5, 5.41) is 24.7. The van der Waals surface area contributed by atoms with E-state index in [4.69, 9.17) is 4.74 Å². The van der Waals surface area contributed by atoms with Crippen molar-refractivity contribution in [3.8, 4) is 5.75 Å². The van der Waals surface area contributed by atoms with Crippen LogP contribution in [0.4, 0.5) is 10.1 Å². The quantitative estimate of drug-likeness (QED) is 0.253. The summed E-state index contributed by atoms with van der Waals surface area (Å²) < 4.78 is 46.9. The first-order valence-corrected chi connectivity index (χ1v) is 12.6. The number of anilines is 1. The van der Waals surface area contributed by atoms with Crippen LogP contribution in [0.5, 0.6) is 5.75 Å². The van der Waals surface area contributed by atoms with E-state index in [2.05, 4.69) is 20.2 Å². The molecule has 4 rings (SSSR count). The minimum absolute atomic E-state index is 0.0568. The van der Waals surface area contributed by atoms with Gasteiger partial charge in [-0.2, -0.15) is 16.4 Å². The van der Waals surface area contributed by atoms with E-state index in [1.807, 2.05) is 25.1 Å². The third kappa shape index (κ3) is 5.50. The highest BCUT2D eigenvalue weighted by molar-refractivity contribution is 7.92. The molecule has 0 radical (unpaired) electrons. The molecule has 1 atom stereocenters. The molecule has 0 saturated carbocycles. The first-order chi connectivity index (χ1) is 15.8. The van der Waals surface area contributed by atoms with Gasteiger partial charge in [-0.15, -0.1) is 0 Å². The fraction of sp³-hybridized carbons (Fsp3) is 0.227. The Kier molecular flexibility index (Phi) is 6.94. The zero-order valence-corrected chi connectivity index (χ0v) is 19.3. The van der Waals surface area contributed by atoms with Crippen LogP contribution in [0.1, 0.15) is 17.4 Å². The lowest BCUT2D eigenvalue weighted by Gasteiger charge is -2.15. The highest BCUT2D eigenvalue weighted by Crippen LogP contribution is 2.25. The number of fused-ring (bicyclic) bond motifs is 1. The highest BCUT2D eigenvalue weighted by atomic mass is 32.2. The maximum absolute atomic E-state index is 14.2. The molecule has 0 bridgehead atoms.